The second-order valence-corrected chi connectivity index (χ2v) is 12.3. The summed E-state index contributed by atoms with van der Waals surface area (Å²) in [5.74, 6) is 0. The maximum absolute atomic E-state index is 2.62. The van der Waals surface area contributed by atoms with Crippen molar-refractivity contribution in [3.63, 3.8) is 0 Å². The zero-order valence-corrected chi connectivity index (χ0v) is 14.7. The molecular formula is C21H19NSi. The van der Waals surface area contributed by atoms with Crippen LogP contribution in [0, 0.1) is 0 Å². The van der Waals surface area contributed by atoms with Crippen molar-refractivity contribution in [2.75, 3.05) is 0 Å². The SMILES string of the molecule is C[Si](C)(C)n1c2ccccc2c2cc3c(cc21)-c1ccccc1-3. The molecule has 1 aliphatic carbocycles. The van der Waals surface area contributed by atoms with Crippen molar-refractivity contribution < 1.29 is 0 Å². The van der Waals surface area contributed by atoms with Crippen molar-refractivity contribution in [3.05, 3.63) is 60.7 Å². The molecule has 3 aromatic carbocycles. The summed E-state index contributed by atoms with van der Waals surface area (Å²) in [5, 5.41) is 2.79. The molecule has 1 nitrogen and oxygen atoms in total. The number of nitrogens with zero attached hydrogens (tertiary/aromatic N) is 1. The van der Waals surface area contributed by atoms with Crippen LogP contribution in [0.5, 0.6) is 0 Å². The maximum Gasteiger partial charge on any atom is 0.153 e. The first kappa shape index (κ1) is 13.1. The Morgan fingerprint density at radius 2 is 1.22 bits per heavy atom. The second kappa shape index (κ2) is 4.15. The lowest BCUT2D eigenvalue weighted by molar-refractivity contribution is 1.25. The van der Waals surface area contributed by atoms with E-state index in [1.165, 1.54) is 44.1 Å². The van der Waals surface area contributed by atoms with Crippen LogP contribution in [0.15, 0.2) is 60.7 Å². The lowest BCUT2D eigenvalue weighted by atomic mass is 9.80. The van der Waals surface area contributed by atoms with Crippen LogP contribution in [0.3, 0.4) is 0 Å². The maximum atomic E-state index is 2.62. The molecule has 0 aliphatic heterocycles. The molecule has 0 saturated heterocycles. The van der Waals surface area contributed by atoms with E-state index in [0.717, 1.165) is 0 Å². The van der Waals surface area contributed by atoms with Gasteiger partial charge in [0.2, 0.25) is 0 Å². The summed E-state index contributed by atoms with van der Waals surface area (Å²) < 4.78 is 2.62. The molecule has 2 heteroatoms. The summed E-state index contributed by atoms with van der Waals surface area (Å²) in [6, 6.07) is 22.4. The van der Waals surface area contributed by atoms with Crippen LogP contribution in [0.4, 0.5) is 0 Å². The number of aromatic nitrogens is 1. The predicted molar refractivity (Wildman–Crippen MR) is 103 cm³/mol. The van der Waals surface area contributed by atoms with Gasteiger partial charge in [0.15, 0.2) is 8.24 Å². The lowest BCUT2D eigenvalue weighted by Crippen LogP contribution is -2.31. The van der Waals surface area contributed by atoms with Gasteiger partial charge in [0.1, 0.15) is 0 Å². The Hall–Kier alpha value is -2.32. The van der Waals surface area contributed by atoms with Gasteiger partial charge in [-0.05, 0) is 40.5 Å². The highest BCUT2D eigenvalue weighted by Crippen LogP contribution is 2.49. The van der Waals surface area contributed by atoms with Crippen LogP contribution in [-0.4, -0.2) is 12.5 Å². The van der Waals surface area contributed by atoms with Gasteiger partial charge in [-0.1, -0.05) is 62.1 Å². The van der Waals surface area contributed by atoms with E-state index in [1.807, 2.05) is 0 Å². The van der Waals surface area contributed by atoms with E-state index in [4.69, 9.17) is 0 Å². The Morgan fingerprint density at radius 3 is 1.91 bits per heavy atom. The smallest absolute Gasteiger partial charge is 0.153 e. The van der Waals surface area contributed by atoms with E-state index in [-0.39, 0.29) is 0 Å². The number of hydrogen-bond donors (Lipinski definition) is 0. The van der Waals surface area contributed by atoms with Crippen molar-refractivity contribution in [2.45, 2.75) is 19.6 Å². The Labute approximate surface area is 137 Å². The zero-order chi connectivity index (χ0) is 15.8. The van der Waals surface area contributed by atoms with Gasteiger partial charge in [-0.25, -0.2) is 0 Å². The first-order valence-corrected chi connectivity index (χ1v) is 11.7. The normalized spacial score (nSPS) is 13.0. The number of fused-ring (bicyclic) bond motifs is 7. The lowest BCUT2D eigenvalue weighted by Gasteiger charge is -2.26. The van der Waals surface area contributed by atoms with Crippen LogP contribution >= 0.6 is 0 Å². The minimum Gasteiger partial charge on any atom is -0.368 e. The molecule has 4 aromatic rings. The van der Waals surface area contributed by atoms with Crippen LogP contribution in [-0.2, 0) is 0 Å². The van der Waals surface area contributed by atoms with Crippen LogP contribution in [0.1, 0.15) is 0 Å². The molecule has 0 unspecified atom stereocenters. The molecule has 0 N–H and O–H groups in total. The third-order valence-corrected chi connectivity index (χ3v) is 6.81. The summed E-state index contributed by atoms with van der Waals surface area (Å²) in [7, 11) is -1.50. The zero-order valence-electron chi connectivity index (χ0n) is 13.7. The van der Waals surface area contributed by atoms with Crippen molar-refractivity contribution in [3.8, 4) is 22.3 Å². The fourth-order valence-electron chi connectivity index (χ4n) is 4.07. The minimum atomic E-state index is -1.50. The fraction of sp³-hybridized carbons (Fsp3) is 0.143. The quantitative estimate of drug-likeness (QED) is 0.328. The van der Waals surface area contributed by atoms with Gasteiger partial charge in [-0.2, -0.15) is 0 Å². The van der Waals surface area contributed by atoms with Gasteiger partial charge in [-0.15, -0.1) is 0 Å². The molecule has 0 radical (unpaired) electrons. The molecule has 0 fully saturated rings. The molecular weight excluding hydrogens is 294 g/mol. The van der Waals surface area contributed by atoms with Gasteiger partial charge in [0.25, 0.3) is 0 Å². The van der Waals surface area contributed by atoms with Crippen molar-refractivity contribution in [2.24, 2.45) is 0 Å². The highest BCUT2D eigenvalue weighted by Gasteiger charge is 2.27. The third kappa shape index (κ3) is 1.62. The molecule has 23 heavy (non-hydrogen) atoms. The van der Waals surface area contributed by atoms with E-state index in [0.29, 0.717) is 0 Å². The van der Waals surface area contributed by atoms with Gasteiger partial charge >= 0.3 is 0 Å². The number of para-hydroxylation sites is 1. The first-order valence-electron chi connectivity index (χ1n) is 8.23. The first-order chi connectivity index (χ1) is 11.1. The minimum absolute atomic E-state index is 1.38. The highest BCUT2D eigenvalue weighted by atomic mass is 28.3. The van der Waals surface area contributed by atoms with Crippen molar-refractivity contribution >= 4 is 30.0 Å². The molecule has 1 heterocycles. The standard InChI is InChI=1S/C21H19NSi/c1-23(2,3)22-20-11-7-6-10-16(20)19-12-17-14-8-4-5-9-15(14)18(17)13-21(19)22/h4-13H,1-3H3. The molecule has 0 atom stereocenters. The Balaban J connectivity index is 1.96. The highest BCUT2D eigenvalue weighted by molar-refractivity contribution is 6.76. The Kier molecular flexibility index (Phi) is 2.37. The average Bonchev–Trinajstić information content (AvgIpc) is 2.86. The van der Waals surface area contributed by atoms with E-state index in [9.17, 15) is 0 Å². The van der Waals surface area contributed by atoms with Gasteiger partial charge < -0.3 is 4.23 Å². The molecule has 112 valence electrons. The monoisotopic (exact) mass is 313 g/mol. The third-order valence-electron chi connectivity index (χ3n) is 4.99. The second-order valence-electron chi connectivity index (χ2n) is 7.48. The van der Waals surface area contributed by atoms with E-state index in [2.05, 4.69) is 84.5 Å². The van der Waals surface area contributed by atoms with Crippen LogP contribution in [0.25, 0.3) is 44.1 Å². The molecule has 1 aromatic heterocycles. The molecule has 5 rings (SSSR count). The number of hydrogen-bond acceptors (Lipinski definition) is 0. The summed E-state index contributed by atoms with van der Waals surface area (Å²) in [5.41, 5.74) is 8.40. The fourth-order valence-corrected chi connectivity index (χ4v) is 5.90. The van der Waals surface area contributed by atoms with Gasteiger partial charge in [0.05, 0.1) is 0 Å². The van der Waals surface area contributed by atoms with Crippen LogP contribution in [0.2, 0.25) is 19.6 Å². The predicted octanol–water partition coefficient (Wildman–Crippen LogP) is 6.12. The summed E-state index contributed by atoms with van der Waals surface area (Å²) in [4.78, 5) is 0. The topological polar surface area (TPSA) is 4.93 Å². The summed E-state index contributed by atoms with van der Waals surface area (Å²) in [6.07, 6.45) is 0. The Morgan fingerprint density at radius 1 is 0.609 bits per heavy atom. The molecule has 0 saturated carbocycles. The van der Waals surface area contributed by atoms with E-state index >= 15 is 0 Å². The van der Waals surface area contributed by atoms with Crippen molar-refractivity contribution in [1.82, 2.24) is 4.23 Å². The van der Waals surface area contributed by atoms with Crippen molar-refractivity contribution in [1.29, 1.82) is 0 Å². The van der Waals surface area contributed by atoms with E-state index < -0.39 is 8.24 Å². The molecule has 0 spiro atoms. The van der Waals surface area contributed by atoms with Gasteiger partial charge in [-0.3, -0.25) is 0 Å². The largest absolute Gasteiger partial charge is 0.368 e. The summed E-state index contributed by atoms with van der Waals surface area (Å²) >= 11 is 0. The Bertz CT molecular complexity index is 1100. The molecule has 0 bridgehead atoms. The molecule has 0 amide bonds. The number of benzene rings is 3. The van der Waals surface area contributed by atoms with Gasteiger partial charge in [0, 0.05) is 21.8 Å². The van der Waals surface area contributed by atoms with E-state index in [1.54, 1.807) is 0 Å². The molecule has 1 aliphatic rings. The summed E-state index contributed by atoms with van der Waals surface area (Å²) in [6.45, 7) is 7.27. The van der Waals surface area contributed by atoms with Crippen LogP contribution < -0.4 is 0 Å². The average molecular weight is 313 g/mol. The number of rotatable bonds is 1.